The fraction of sp³-hybridized carbons (Fsp3) is 0.700. The Labute approximate surface area is 112 Å². The highest BCUT2D eigenvalue weighted by atomic mass is 32.2. The van der Waals surface area contributed by atoms with Crippen LogP contribution in [0.5, 0.6) is 0 Å². The molecule has 0 saturated heterocycles. The SMILES string of the molecule is CSCC(C)NS(=O)(=O)c1cnn(CCCN)c1. The van der Waals surface area contributed by atoms with Crippen molar-refractivity contribution in [1.82, 2.24) is 14.5 Å². The second-order valence-corrected chi connectivity index (χ2v) is 6.68. The molecule has 1 rings (SSSR count). The molecule has 0 fully saturated rings. The minimum Gasteiger partial charge on any atom is -0.330 e. The lowest BCUT2D eigenvalue weighted by Gasteiger charge is -2.11. The third-order valence-electron chi connectivity index (χ3n) is 2.28. The number of sulfonamides is 1. The molecule has 104 valence electrons. The Kier molecular flexibility index (Phi) is 6.13. The summed E-state index contributed by atoms with van der Waals surface area (Å²) in [5.74, 6) is 0.737. The number of thioether (sulfide) groups is 1. The molecule has 18 heavy (non-hydrogen) atoms. The van der Waals surface area contributed by atoms with Gasteiger partial charge in [0.25, 0.3) is 0 Å². The fourth-order valence-corrected chi connectivity index (χ4v) is 3.36. The van der Waals surface area contributed by atoms with Gasteiger partial charge in [-0.1, -0.05) is 0 Å². The number of nitrogens with two attached hydrogens (primary N) is 1. The molecule has 0 radical (unpaired) electrons. The van der Waals surface area contributed by atoms with E-state index in [0.717, 1.165) is 12.2 Å². The number of nitrogens with zero attached hydrogens (tertiary/aromatic N) is 2. The van der Waals surface area contributed by atoms with Gasteiger partial charge >= 0.3 is 0 Å². The number of aromatic nitrogens is 2. The summed E-state index contributed by atoms with van der Waals surface area (Å²) in [4.78, 5) is 0.201. The van der Waals surface area contributed by atoms with Gasteiger partial charge in [-0.2, -0.15) is 16.9 Å². The van der Waals surface area contributed by atoms with Crippen molar-refractivity contribution in [2.75, 3.05) is 18.6 Å². The van der Waals surface area contributed by atoms with Crippen molar-refractivity contribution in [3.05, 3.63) is 12.4 Å². The van der Waals surface area contributed by atoms with E-state index in [1.54, 1.807) is 16.4 Å². The fourth-order valence-electron chi connectivity index (χ4n) is 1.48. The minimum absolute atomic E-state index is 0.0996. The van der Waals surface area contributed by atoms with Crippen molar-refractivity contribution in [2.45, 2.75) is 30.8 Å². The Balaban J connectivity index is 2.69. The standard InChI is InChI=1S/C10H20N4O2S2/c1-9(8-17-2)13-18(15,16)10-6-12-14(7-10)5-3-4-11/h6-7,9,13H,3-5,8,11H2,1-2H3. The van der Waals surface area contributed by atoms with Crippen LogP contribution in [0.2, 0.25) is 0 Å². The quantitative estimate of drug-likeness (QED) is 0.717. The lowest BCUT2D eigenvalue weighted by Crippen LogP contribution is -2.34. The molecule has 6 nitrogen and oxygen atoms in total. The van der Waals surface area contributed by atoms with Crippen LogP contribution >= 0.6 is 11.8 Å². The predicted octanol–water partition coefficient (Wildman–Crippen LogP) is 0.262. The van der Waals surface area contributed by atoms with Gasteiger partial charge in [-0.15, -0.1) is 0 Å². The lowest BCUT2D eigenvalue weighted by molar-refractivity contribution is 0.568. The number of hydrogen-bond acceptors (Lipinski definition) is 5. The Morgan fingerprint density at radius 1 is 1.61 bits per heavy atom. The molecule has 0 aliphatic carbocycles. The molecule has 0 aliphatic heterocycles. The van der Waals surface area contributed by atoms with E-state index in [9.17, 15) is 8.42 Å². The largest absolute Gasteiger partial charge is 0.330 e. The van der Waals surface area contributed by atoms with Gasteiger partial charge in [0.05, 0.1) is 6.20 Å². The molecular weight excluding hydrogens is 272 g/mol. The summed E-state index contributed by atoms with van der Waals surface area (Å²) < 4.78 is 28.2. The van der Waals surface area contributed by atoms with Crippen LogP contribution in [0.1, 0.15) is 13.3 Å². The molecule has 1 aromatic rings. The van der Waals surface area contributed by atoms with E-state index < -0.39 is 10.0 Å². The van der Waals surface area contributed by atoms with Gasteiger partial charge in [-0.05, 0) is 26.1 Å². The zero-order chi connectivity index (χ0) is 13.6. The van der Waals surface area contributed by atoms with E-state index in [0.29, 0.717) is 13.1 Å². The van der Waals surface area contributed by atoms with Crippen LogP contribution in [0.4, 0.5) is 0 Å². The number of hydrogen-bond donors (Lipinski definition) is 2. The van der Waals surface area contributed by atoms with Crippen LogP contribution in [0.3, 0.4) is 0 Å². The summed E-state index contributed by atoms with van der Waals surface area (Å²) in [6.45, 7) is 3.03. The van der Waals surface area contributed by atoms with Gasteiger partial charge in [-0.25, -0.2) is 13.1 Å². The van der Waals surface area contributed by atoms with Crippen molar-refractivity contribution < 1.29 is 8.42 Å². The van der Waals surface area contributed by atoms with Crippen molar-refractivity contribution in [3.63, 3.8) is 0 Å². The van der Waals surface area contributed by atoms with Crippen LogP contribution in [0.15, 0.2) is 17.3 Å². The van der Waals surface area contributed by atoms with E-state index in [1.165, 1.54) is 12.4 Å². The highest BCUT2D eigenvalue weighted by molar-refractivity contribution is 7.98. The monoisotopic (exact) mass is 292 g/mol. The summed E-state index contributed by atoms with van der Waals surface area (Å²) in [6, 6.07) is -0.0996. The van der Waals surface area contributed by atoms with Gasteiger partial charge < -0.3 is 5.73 Å². The van der Waals surface area contributed by atoms with Crippen LogP contribution in [0, 0.1) is 0 Å². The summed E-state index contributed by atoms with van der Waals surface area (Å²) in [5.41, 5.74) is 5.39. The Bertz CT molecular complexity index is 458. The molecule has 1 aromatic heterocycles. The second-order valence-electron chi connectivity index (χ2n) is 4.06. The number of aryl methyl sites for hydroxylation is 1. The van der Waals surface area contributed by atoms with Crippen LogP contribution in [-0.4, -0.2) is 42.8 Å². The average Bonchev–Trinajstić information content (AvgIpc) is 2.75. The molecule has 1 heterocycles. The molecule has 1 atom stereocenters. The van der Waals surface area contributed by atoms with E-state index in [4.69, 9.17) is 5.73 Å². The molecule has 0 amide bonds. The van der Waals surface area contributed by atoms with Crippen molar-refractivity contribution in [2.24, 2.45) is 5.73 Å². The first-order valence-electron chi connectivity index (χ1n) is 5.73. The number of nitrogens with one attached hydrogen (secondary N) is 1. The molecule has 1 unspecified atom stereocenters. The summed E-state index contributed by atoms with van der Waals surface area (Å²) in [7, 11) is -3.46. The van der Waals surface area contributed by atoms with Gasteiger partial charge in [0.1, 0.15) is 4.90 Å². The molecule has 0 aliphatic rings. The van der Waals surface area contributed by atoms with Crippen molar-refractivity contribution >= 4 is 21.8 Å². The molecule has 0 spiro atoms. The molecule has 3 N–H and O–H groups in total. The smallest absolute Gasteiger partial charge is 0.243 e. The zero-order valence-corrected chi connectivity index (χ0v) is 12.3. The van der Waals surface area contributed by atoms with Crippen molar-refractivity contribution in [1.29, 1.82) is 0 Å². The van der Waals surface area contributed by atoms with Crippen LogP contribution < -0.4 is 10.5 Å². The molecule has 0 aromatic carbocycles. The Morgan fingerprint density at radius 3 is 2.94 bits per heavy atom. The third kappa shape index (κ3) is 4.60. The maximum absolute atomic E-state index is 12.0. The first-order valence-corrected chi connectivity index (χ1v) is 8.61. The van der Waals surface area contributed by atoms with Crippen molar-refractivity contribution in [3.8, 4) is 0 Å². The second kappa shape index (κ2) is 7.13. The Morgan fingerprint density at radius 2 is 2.33 bits per heavy atom. The topological polar surface area (TPSA) is 90.0 Å². The first-order chi connectivity index (χ1) is 8.49. The van der Waals surface area contributed by atoms with E-state index in [2.05, 4.69) is 9.82 Å². The maximum Gasteiger partial charge on any atom is 0.243 e. The van der Waals surface area contributed by atoms with Gasteiger partial charge in [0.15, 0.2) is 0 Å². The van der Waals surface area contributed by atoms with E-state index in [1.807, 2.05) is 13.2 Å². The highest BCUT2D eigenvalue weighted by Crippen LogP contribution is 2.09. The van der Waals surface area contributed by atoms with E-state index in [-0.39, 0.29) is 10.9 Å². The zero-order valence-electron chi connectivity index (χ0n) is 10.7. The average molecular weight is 292 g/mol. The lowest BCUT2D eigenvalue weighted by atomic mass is 10.4. The third-order valence-corrected chi connectivity index (χ3v) is 4.66. The Hall–Kier alpha value is -0.570. The van der Waals surface area contributed by atoms with E-state index >= 15 is 0 Å². The molecule has 8 heteroatoms. The molecule has 0 bridgehead atoms. The summed E-state index contributed by atoms with van der Waals surface area (Å²) in [6.07, 6.45) is 5.61. The van der Waals surface area contributed by atoms with Crippen LogP contribution in [0.25, 0.3) is 0 Å². The highest BCUT2D eigenvalue weighted by Gasteiger charge is 2.18. The summed E-state index contributed by atoms with van der Waals surface area (Å²) >= 11 is 1.60. The summed E-state index contributed by atoms with van der Waals surface area (Å²) in [5, 5.41) is 4.01. The van der Waals surface area contributed by atoms with Gasteiger partial charge in [0.2, 0.25) is 10.0 Å². The minimum atomic E-state index is -3.46. The maximum atomic E-state index is 12.0. The number of rotatable bonds is 8. The first kappa shape index (κ1) is 15.5. The normalized spacial score (nSPS) is 13.7. The predicted molar refractivity (Wildman–Crippen MR) is 74.1 cm³/mol. The molecular formula is C10H20N4O2S2. The van der Waals surface area contributed by atoms with Gasteiger partial charge in [0, 0.05) is 24.5 Å². The van der Waals surface area contributed by atoms with Crippen LogP contribution in [-0.2, 0) is 16.6 Å². The molecule has 0 saturated carbocycles. The van der Waals surface area contributed by atoms with Gasteiger partial charge in [-0.3, -0.25) is 4.68 Å².